The maximum Gasteiger partial charge on any atom is 0.290 e. The van der Waals surface area contributed by atoms with E-state index in [1.165, 1.54) is 25.9 Å². The van der Waals surface area contributed by atoms with Crippen molar-refractivity contribution in [2.45, 2.75) is 26.2 Å². The zero-order valence-electron chi connectivity index (χ0n) is 18.2. The van der Waals surface area contributed by atoms with Gasteiger partial charge in [-0.15, -0.1) is 0 Å². The molecule has 0 unspecified atom stereocenters. The SMILES string of the molecule is CCOc1c2ccccc2nc2cc(OCCCN3CCCC3)c(OC)cc12.O=CO. The van der Waals surface area contributed by atoms with Crippen molar-refractivity contribution in [3.05, 3.63) is 36.4 Å². The maximum absolute atomic E-state index is 8.36. The molecular weight excluding hydrogens is 396 g/mol. The van der Waals surface area contributed by atoms with Crippen molar-refractivity contribution in [1.82, 2.24) is 9.88 Å². The minimum atomic E-state index is -0.250. The second-order valence-corrected chi connectivity index (χ2v) is 7.27. The van der Waals surface area contributed by atoms with Crippen LogP contribution in [0.1, 0.15) is 26.2 Å². The molecule has 2 heterocycles. The third kappa shape index (κ3) is 5.55. The second kappa shape index (κ2) is 11.4. The van der Waals surface area contributed by atoms with Gasteiger partial charge in [-0.3, -0.25) is 4.79 Å². The molecular formula is C24H30N2O5. The Kier molecular flexibility index (Phi) is 8.29. The average molecular weight is 427 g/mol. The lowest BCUT2D eigenvalue weighted by molar-refractivity contribution is -0.122. The Morgan fingerprint density at radius 1 is 1.06 bits per heavy atom. The maximum atomic E-state index is 8.36. The Morgan fingerprint density at radius 2 is 1.81 bits per heavy atom. The van der Waals surface area contributed by atoms with E-state index in [9.17, 15) is 0 Å². The monoisotopic (exact) mass is 426 g/mol. The summed E-state index contributed by atoms with van der Waals surface area (Å²) in [7, 11) is 1.67. The molecule has 0 atom stereocenters. The molecule has 1 N–H and O–H groups in total. The van der Waals surface area contributed by atoms with E-state index in [1.54, 1.807) is 7.11 Å². The first-order chi connectivity index (χ1) is 15.2. The van der Waals surface area contributed by atoms with Crippen molar-refractivity contribution in [3.63, 3.8) is 0 Å². The molecule has 0 saturated carbocycles. The summed E-state index contributed by atoms with van der Waals surface area (Å²) in [5, 5.41) is 8.85. The summed E-state index contributed by atoms with van der Waals surface area (Å²) in [6.45, 7) is 6.54. The van der Waals surface area contributed by atoms with Gasteiger partial charge in [-0.2, -0.15) is 0 Å². The summed E-state index contributed by atoms with van der Waals surface area (Å²) in [6.07, 6.45) is 3.65. The molecule has 1 fully saturated rings. The first-order valence-corrected chi connectivity index (χ1v) is 10.7. The van der Waals surface area contributed by atoms with Crippen molar-refractivity contribution < 1.29 is 24.1 Å². The Bertz CT molecular complexity index is 1000. The van der Waals surface area contributed by atoms with Crippen LogP contribution in [0.2, 0.25) is 0 Å². The molecule has 0 bridgehead atoms. The highest BCUT2D eigenvalue weighted by Gasteiger charge is 2.15. The number of hydrogen-bond donors (Lipinski definition) is 1. The van der Waals surface area contributed by atoms with Crippen molar-refractivity contribution in [2.24, 2.45) is 0 Å². The van der Waals surface area contributed by atoms with Crippen LogP contribution < -0.4 is 14.2 Å². The van der Waals surface area contributed by atoms with Crippen molar-refractivity contribution in [3.8, 4) is 17.2 Å². The van der Waals surface area contributed by atoms with Gasteiger partial charge in [-0.25, -0.2) is 4.98 Å². The number of ether oxygens (including phenoxy) is 3. The number of carboxylic acid groups (broad SMARTS) is 1. The molecule has 0 amide bonds. The minimum Gasteiger partial charge on any atom is -0.493 e. The van der Waals surface area contributed by atoms with Gasteiger partial charge in [0.2, 0.25) is 0 Å². The number of para-hydroxylation sites is 1. The van der Waals surface area contributed by atoms with Crippen molar-refractivity contribution in [2.75, 3.05) is 40.0 Å². The number of methoxy groups -OCH3 is 1. The lowest BCUT2D eigenvalue weighted by Gasteiger charge is -2.17. The van der Waals surface area contributed by atoms with Gasteiger partial charge in [0, 0.05) is 23.4 Å². The number of benzene rings is 2. The first kappa shape index (κ1) is 22.6. The number of nitrogens with zero attached hydrogens (tertiary/aromatic N) is 2. The highest BCUT2D eigenvalue weighted by atomic mass is 16.5. The van der Waals surface area contributed by atoms with Gasteiger partial charge >= 0.3 is 0 Å². The van der Waals surface area contributed by atoms with E-state index in [0.29, 0.717) is 19.0 Å². The molecule has 1 aliphatic heterocycles. The Balaban J connectivity index is 0.000000858. The van der Waals surface area contributed by atoms with Crippen LogP contribution in [-0.2, 0) is 4.79 Å². The largest absolute Gasteiger partial charge is 0.493 e. The normalized spacial score (nSPS) is 13.6. The average Bonchev–Trinajstić information content (AvgIpc) is 3.30. The number of likely N-dealkylation sites (tertiary alicyclic amines) is 1. The molecule has 0 aliphatic carbocycles. The van der Waals surface area contributed by atoms with Gasteiger partial charge in [0.15, 0.2) is 11.5 Å². The predicted molar refractivity (Wildman–Crippen MR) is 121 cm³/mol. The summed E-state index contributed by atoms with van der Waals surface area (Å²) < 4.78 is 17.7. The lowest BCUT2D eigenvalue weighted by atomic mass is 10.1. The van der Waals surface area contributed by atoms with Crippen LogP contribution in [0.4, 0.5) is 0 Å². The van der Waals surface area contributed by atoms with Crippen LogP contribution in [-0.4, -0.2) is 61.4 Å². The molecule has 3 aromatic rings. The molecule has 7 heteroatoms. The summed E-state index contributed by atoms with van der Waals surface area (Å²) in [6, 6.07) is 12.0. The van der Waals surface area contributed by atoms with E-state index >= 15 is 0 Å². The molecule has 0 spiro atoms. The van der Waals surface area contributed by atoms with E-state index in [1.807, 2.05) is 43.3 Å². The summed E-state index contributed by atoms with van der Waals surface area (Å²) >= 11 is 0. The molecule has 4 rings (SSSR count). The topological polar surface area (TPSA) is 81.1 Å². The van der Waals surface area contributed by atoms with E-state index in [2.05, 4.69) is 4.90 Å². The summed E-state index contributed by atoms with van der Waals surface area (Å²) in [4.78, 5) is 15.7. The predicted octanol–water partition coefficient (Wildman–Crippen LogP) is 4.36. The molecule has 1 aliphatic rings. The standard InChI is InChI=1S/C23H28N2O3.CH2O2/c1-3-27-23-17-9-4-5-10-19(17)24-20-16-22(21(26-2)15-18(20)23)28-14-8-13-25-11-6-7-12-25;2-1-3/h4-5,9-10,15-16H,3,6-8,11-14H2,1-2H3;1H,(H,2,3). The minimum absolute atomic E-state index is 0.250. The van der Waals surface area contributed by atoms with Crippen molar-refractivity contribution in [1.29, 1.82) is 0 Å². The van der Waals surface area contributed by atoms with E-state index < -0.39 is 0 Å². The Labute approximate surface area is 182 Å². The molecule has 1 aromatic heterocycles. The number of hydrogen-bond acceptors (Lipinski definition) is 6. The number of pyridine rings is 1. The van der Waals surface area contributed by atoms with Crippen molar-refractivity contribution >= 4 is 28.3 Å². The number of rotatable bonds is 8. The number of fused-ring (bicyclic) bond motifs is 2. The Hall–Kier alpha value is -3.06. The van der Waals surface area contributed by atoms with Gasteiger partial charge in [-0.1, -0.05) is 12.1 Å². The fourth-order valence-corrected chi connectivity index (χ4v) is 3.91. The van der Waals surface area contributed by atoms with Crippen LogP contribution in [0.25, 0.3) is 21.8 Å². The third-order valence-electron chi connectivity index (χ3n) is 5.28. The molecule has 31 heavy (non-hydrogen) atoms. The summed E-state index contributed by atoms with van der Waals surface area (Å²) in [5.41, 5.74) is 1.78. The molecule has 166 valence electrons. The van der Waals surface area contributed by atoms with Gasteiger partial charge in [0.1, 0.15) is 5.75 Å². The zero-order chi connectivity index (χ0) is 22.1. The smallest absolute Gasteiger partial charge is 0.290 e. The molecule has 0 radical (unpaired) electrons. The van der Waals surface area contributed by atoms with Gasteiger partial charge < -0.3 is 24.2 Å². The van der Waals surface area contributed by atoms with Gasteiger partial charge in [0.05, 0.1) is 31.4 Å². The first-order valence-electron chi connectivity index (χ1n) is 10.7. The van der Waals surface area contributed by atoms with E-state index in [-0.39, 0.29) is 6.47 Å². The number of aromatic nitrogens is 1. The van der Waals surface area contributed by atoms with Crippen LogP contribution in [0.5, 0.6) is 17.2 Å². The highest BCUT2D eigenvalue weighted by Crippen LogP contribution is 2.39. The molecule has 1 saturated heterocycles. The van der Waals surface area contributed by atoms with Crippen LogP contribution >= 0.6 is 0 Å². The highest BCUT2D eigenvalue weighted by molar-refractivity contribution is 6.02. The fraction of sp³-hybridized carbons (Fsp3) is 0.417. The Morgan fingerprint density at radius 3 is 2.52 bits per heavy atom. The van der Waals surface area contributed by atoms with Crippen LogP contribution in [0, 0.1) is 0 Å². The quantitative estimate of drug-likeness (QED) is 0.326. The molecule has 2 aromatic carbocycles. The van der Waals surface area contributed by atoms with Gasteiger partial charge in [-0.05, 0) is 57.5 Å². The zero-order valence-corrected chi connectivity index (χ0v) is 18.2. The second-order valence-electron chi connectivity index (χ2n) is 7.27. The fourth-order valence-electron chi connectivity index (χ4n) is 3.91. The number of carbonyl (C=O) groups is 1. The van der Waals surface area contributed by atoms with Gasteiger partial charge in [0.25, 0.3) is 6.47 Å². The summed E-state index contributed by atoms with van der Waals surface area (Å²) in [5.74, 6) is 2.30. The van der Waals surface area contributed by atoms with E-state index in [4.69, 9.17) is 29.1 Å². The molecule has 7 nitrogen and oxygen atoms in total. The lowest BCUT2D eigenvalue weighted by Crippen LogP contribution is -2.21. The van der Waals surface area contributed by atoms with Crippen LogP contribution in [0.3, 0.4) is 0 Å². The van der Waals surface area contributed by atoms with E-state index in [0.717, 1.165) is 46.3 Å². The third-order valence-corrected chi connectivity index (χ3v) is 5.28. The van der Waals surface area contributed by atoms with Crippen LogP contribution in [0.15, 0.2) is 36.4 Å².